The Morgan fingerprint density at radius 1 is 0.933 bits per heavy atom. The van der Waals surface area contributed by atoms with Crippen LogP contribution in [0.4, 0.5) is 30.6 Å². The molecule has 0 bridgehead atoms. The number of hydrogen-bond acceptors (Lipinski definition) is 5. The monoisotopic (exact) mass is 622 g/mol. The Kier molecular flexibility index (Phi) is 11.4. The molecule has 0 spiro atoms. The highest BCUT2D eigenvalue weighted by atomic mass is 19.1. The van der Waals surface area contributed by atoms with Gasteiger partial charge in [0.15, 0.2) is 6.61 Å². The summed E-state index contributed by atoms with van der Waals surface area (Å²) >= 11 is 0. The molecule has 4 rings (SSSR count). The van der Waals surface area contributed by atoms with E-state index in [1.165, 1.54) is 11.9 Å². The molecule has 3 aromatic carbocycles. The minimum absolute atomic E-state index is 0.0284. The zero-order valence-electron chi connectivity index (χ0n) is 24.9. The summed E-state index contributed by atoms with van der Waals surface area (Å²) in [6, 6.07) is 15.3. The fourth-order valence-corrected chi connectivity index (χ4v) is 5.27. The van der Waals surface area contributed by atoms with Gasteiger partial charge in [0.1, 0.15) is 17.4 Å². The number of carboxylic acid groups (broad SMARTS) is 1. The van der Waals surface area contributed by atoms with Crippen molar-refractivity contribution in [3.05, 3.63) is 83.9 Å². The molecule has 0 aromatic heterocycles. The van der Waals surface area contributed by atoms with Gasteiger partial charge in [-0.1, -0.05) is 49.9 Å². The molecular weight excluding hydrogens is 586 g/mol. The second-order valence-corrected chi connectivity index (χ2v) is 10.9. The quantitative estimate of drug-likeness (QED) is 0.235. The number of likely N-dealkylation sites (N-methyl/N-ethyl adjacent to an activating group) is 1. The number of halogens is 2. The molecular formula is C33H36F2N4O6. The number of carbonyl (C=O) groups excluding carboxylic acids is 3. The Labute approximate surface area is 260 Å². The first-order valence-corrected chi connectivity index (χ1v) is 14.7. The van der Waals surface area contributed by atoms with Gasteiger partial charge in [0.05, 0.1) is 18.7 Å². The fraction of sp³-hybridized carbons (Fsp3) is 0.333. The third kappa shape index (κ3) is 9.75. The Morgan fingerprint density at radius 2 is 1.64 bits per heavy atom. The van der Waals surface area contributed by atoms with Crippen LogP contribution in [0, 0.1) is 17.6 Å². The summed E-state index contributed by atoms with van der Waals surface area (Å²) in [6.45, 7) is -0.439. The molecule has 12 heteroatoms. The lowest BCUT2D eigenvalue weighted by atomic mass is 10.0. The van der Waals surface area contributed by atoms with Gasteiger partial charge in [-0.05, 0) is 54.3 Å². The third-order valence-corrected chi connectivity index (χ3v) is 7.59. The average Bonchev–Trinajstić information content (AvgIpc) is 3.52. The predicted molar refractivity (Wildman–Crippen MR) is 165 cm³/mol. The Bertz CT molecular complexity index is 1510. The third-order valence-electron chi connectivity index (χ3n) is 7.59. The van der Waals surface area contributed by atoms with Crippen molar-refractivity contribution in [2.45, 2.75) is 38.5 Å². The van der Waals surface area contributed by atoms with E-state index in [2.05, 4.69) is 10.6 Å². The number of carboxylic acids is 1. The molecule has 0 aliphatic heterocycles. The van der Waals surface area contributed by atoms with Crippen LogP contribution < -0.4 is 25.2 Å². The molecule has 4 amide bonds. The van der Waals surface area contributed by atoms with Gasteiger partial charge < -0.3 is 30.3 Å². The number of amides is 4. The maximum Gasteiger partial charge on any atom is 0.319 e. The van der Waals surface area contributed by atoms with Gasteiger partial charge in [0.2, 0.25) is 5.91 Å². The fourth-order valence-electron chi connectivity index (χ4n) is 5.27. The lowest BCUT2D eigenvalue weighted by Gasteiger charge is -2.27. The van der Waals surface area contributed by atoms with Crippen LogP contribution >= 0.6 is 0 Å². The van der Waals surface area contributed by atoms with E-state index in [-0.39, 0.29) is 24.4 Å². The van der Waals surface area contributed by atoms with Crippen molar-refractivity contribution in [2.24, 2.45) is 5.92 Å². The number of carbonyl (C=O) groups is 4. The number of nitrogens with one attached hydrogen (secondary N) is 2. The number of benzene rings is 3. The average molecular weight is 623 g/mol. The van der Waals surface area contributed by atoms with Crippen LogP contribution in [-0.4, -0.2) is 55.7 Å². The van der Waals surface area contributed by atoms with Crippen LogP contribution in [0.25, 0.3) is 0 Å². The van der Waals surface area contributed by atoms with E-state index in [1.807, 2.05) is 0 Å². The molecule has 10 nitrogen and oxygen atoms in total. The molecule has 0 heterocycles. The first-order chi connectivity index (χ1) is 21.6. The van der Waals surface area contributed by atoms with Crippen molar-refractivity contribution in [3.8, 4) is 5.75 Å². The van der Waals surface area contributed by atoms with Crippen LogP contribution in [-0.2, 0) is 20.8 Å². The van der Waals surface area contributed by atoms with Gasteiger partial charge in [-0.25, -0.2) is 13.6 Å². The number of ether oxygens (including phenoxy) is 1. The maximum atomic E-state index is 13.7. The summed E-state index contributed by atoms with van der Waals surface area (Å²) in [5, 5.41) is 14.2. The molecule has 1 saturated carbocycles. The molecule has 45 heavy (non-hydrogen) atoms. The summed E-state index contributed by atoms with van der Waals surface area (Å²) in [5.74, 6) is -2.89. The van der Waals surface area contributed by atoms with E-state index in [4.69, 9.17) is 9.84 Å². The van der Waals surface area contributed by atoms with Gasteiger partial charge in [0.25, 0.3) is 5.91 Å². The van der Waals surface area contributed by atoms with E-state index in [9.17, 15) is 28.0 Å². The first kappa shape index (κ1) is 32.9. The normalized spacial score (nSPS) is 12.8. The highest BCUT2D eigenvalue weighted by Crippen LogP contribution is 2.32. The number of hydrogen-bond donors (Lipinski definition) is 3. The topological polar surface area (TPSA) is 128 Å². The van der Waals surface area contributed by atoms with Crippen LogP contribution in [0.3, 0.4) is 0 Å². The standard InChI is InChI=1S/C33H36F2N4O6/c1-38(27-18-24(34)17-25(35)19-27)31(41)21-45-29-12-5-4-11-28(29)39(14-13-22-7-2-3-8-22)30(40)20-36-33(44)37-26-10-6-9-23(15-26)16-32(42)43/h4-6,9-12,15,17-19,22H,2-3,7-8,13-14,16,20-21H2,1H3,(H,42,43)(H2,36,37,44). The summed E-state index contributed by atoms with van der Waals surface area (Å²) in [6.07, 6.45) is 4.97. The van der Waals surface area contributed by atoms with Crippen LogP contribution in [0.5, 0.6) is 5.75 Å². The van der Waals surface area contributed by atoms with E-state index >= 15 is 0 Å². The van der Waals surface area contributed by atoms with Gasteiger partial charge >= 0.3 is 12.0 Å². The van der Waals surface area contributed by atoms with Crippen molar-refractivity contribution in [2.75, 3.05) is 41.9 Å². The molecule has 1 aliphatic rings. The van der Waals surface area contributed by atoms with Crippen molar-refractivity contribution in [3.63, 3.8) is 0 Å². The van der Waals surface area contributed by atoms with E-state index < -0.39 is 42.1 Å². The Balaban J connectivity index is 1.44. The molecule has 3 aromatic rings. The zero-order chi connectivity index (χ0) is 32.3. The molecule has 0 saturated heterocycles. The minimum atomic E-state index is -0.998. The second-order valence-electron chi connectivity index (χ2n) is 10.9. The number of urea groups is 1. The van der Waals surface area contributed by atoms with Crippen molar-refractivity contribution >= 4 is 40.9 Å². The van der Waals surface area contributed by atoms with E-state index in [0.29, 0.717) is 35.5 Å². The molecule has 0 atom stereocenters. The van der Waals surface area contributed by atoms with Crippen LogP contribution in [0.2, 0.25) is 0 Å². The molecule has 1 aliphatic carbocycles. The Morgan fingerprint density at radius 3 is 2.36 bits per heavy atom. The van der Waals surface area contributed by atoms with E-state index in [1.54, 1.807) is 48.5 Å². The van der Waals surface area contributed by atoms with Crippen molar-refractivity contribution in [1.82, 2.24) is 5.32 Å². The van der Waals surface area contributed by atoms with Crippen molar-refractivity contribution in [1.29, 1.82) is 0 Å². The summed E-state index contributed by atoms with van der Waals surface area (Å²) in [4.78, 5) is 52.6. The lowest BCUT2D eigenvalue weighted by molar-refractivity contribution is -0.136. The summed E-state index contributed by atoms with van der Waals surface area (Å²) < 4.78 is 33.2. The molecule has 238 valence electrons. The predicted octanol–water partition coefficient (Wildman–Crippen LogP) is 5.37. The largest absolute Gasteiger partial charge is 0.482 e. The minimum Gasteiger partial charge on any atom is -0.482 e. The second kappa shape index (κ2) is 15.6. The SMILES string of the molecule is CN(C(=O)COc1ccccc1N(CCC1CCCC1)C(=O)CNC(=O)Nc1cccc(CC(=O)O)c1)c1cc(F)cc(F)c1. The highest BCUT2D eigenvalue weighted by molar-refractivity contribution is 5.99. The summed E-state index contributed by atoms with van der Waals surface area (Å²) in [5.41, 5.74) is 1.34. The van der Waals surface area contributed by atoms with Crippen LogP contribution in [0.15, 0.2) is 66.7 Å². The van der Waals surface area contributed by atoms with Crippen LogP contribution in [0.1, 0.15) is 37.7 Å². The van der Waals surface area contributed by atoms with Gasteiger partial charge in [-0.3, -0.25) is 14.4 Å². The lowest BCUT2D eigenvalue weighted by Crippen LogP contribution is -2.42. The van der Waals surface area contributed by atoms with Gasteiger partial charge in [0, 0.05) is 31.0 Å². The maximum absolute atomic E-state index is 13.7. The van der Waals surface area contributed by atoms with Crippen molar-refractivity contribution < 1.29 is 37.8 Å². The van der Waals surface area contributed by atoms with E-state index in [0.717, 1.165) is 49.1 Å². The number of rotatable bonds is 13. The van der Waals surface area contributed by atoms with Gasteiger partial charge in [-0.2, -0.15) is 0 Å². The molecule has 3 N–H and O–H groups in total. The highest BCUT2D eigenvalue weighted by Gasteiger charge is 2.24. The smallest absolute Gasteiger partial charge is 0.319 e. The zero-order valence-corrected chi connectivity index (χ0v) is 24.9. The summed E-state index contributed by atoms with van der Waals surface area (Å²) in [7, 11) is 1.38. The Hall–Kier alpha value is -5.00. The molecule has 0 unspecified atom stereocenters. The number of aliphatic carboxylic acids is 1. The molecule has 1 fully saturated rings. The first-order valence-electron chi connectivity index (χ1n) is 14.7. The number of para-hydroxylation sites is 2. The van der Waals surface area contributed by atoms with Gasteiger partial charge in [-0.15, -0.1) is 0 Å². The number of nitrogens with zero attached hydrogens (tertiary/aromatic N) is 2. The number of anilines is 3. The molecule has 0 radical (unpaired) electrons.